The Kier molecular flexibility index (Phi) is 5.48. The third-order valence-corrected chi connectivity index (χ3v) is 4.03. The molecular formula is C13H17BrN6O3. The number of aryl methyl sites for hydroxylation is 1. The number of carbonyl (C=O) groups excluding carboxylic acids is 1. The molecule has 0 radical (unpaired) electrons. The molecule has 124 valence electrons. The zero-order valence-corrected chi connectivity index (χ0v) is 14.4. The van der Waals surface area contributed by atoms with Crippen LogP contribution in [0.25, 0.3) is 0 Å². The normalized spacial score (nSPS) is 12.1. The number of amides is 1. The van der Waals surface area contributed by atoms with Gasteiger partial charge in [0.1, 0.15) is 12.4 Å². The first kappa shape index (κ1) is 17.1. The van der Waals surface area contributed by atoms with Crippen molar-refractivity contribution in [1.82, 2.24) is 24.9 Å². The second kappa shape index (κ2) is 7.36. The van der Waals surface area contributed by atoms with Crippen LogP contribution in [-0.4, -0.2) is 30.4 Å². The Labute approximate surface area is 140 Å². The average molecular weight is 385 g/mol. The molecule has 0 aliphatic heterocycles. The summed E-state index contributed by atoms with van der Waals surface area (Å²) in [5.74, 6) is -0.523. The van der Waals surface area contributed by atoms with Crippen molar-refractivity contribution in [2.75, 3.05) is 0 Å². The van der Waals surface area contributed by atoms with Crippen LogP contribution in [0.15, 0.2) is 23.1 Å². The summed E-state index contributed by atoms with van der Waals surface area (Å²) in [7, 11) is 0. The van der Waals surface area contributed by atoms with Crippen LogP contribution in [0, 0.1) is 16.0 Å². The maximum atomic E-state index is 12.2. The molecule has 0 saturated heterocycles. The van der Waals surface area contributed by atoms with Crippen molar-refractivity contribution in [3.63, 3.8) is 0 Å². The maximum absolute atomic E-state index is 12.2. The zero-order chi connectivity index (χ0) is 17.0. The number of nitrogens with zero attached hydrogens (tertiary/aromatic N) is 5. The lowest BCUT2D eigenvalue weighted by Crippen LogP contribution is -2.32. The monoisotopic (exact) mass is 384 g/mol. The van der Waals surface area contributed by atoms with Gasteiger partial charge < -0.3 is 5.32 Å². The van der Waals surface area contributed by atoms with Gasteiger partial charge >= 0.3 is 5.69 Å². The van der Waals surface area contributed by atoms with E-state index in [-0.39, 0.29) is 24.1 Å². The van der Waals surface area contributed by atoms with E-state index in [1.54, 1.807) is 17.8 Å². The van der Waals surface area contributed by atoms with Gasteiger partial charge in [0, 0.05) is 6.54 Å². The molecule has 1 N–H and O–H groups in total. The fraction of sp³-hybridized carbons (Fsp3) is 0.462. The largest absolute Gasteiger partial charge is 0.350 e. The van der Waals surface area contributed by atoms with E-state index in [1.807, 2.05) is 6.92 Å². The van der Waals surface area contributed by atoms with Gasteiger partial charge in [-0.1, -0.05) is 6.92 Å². The summed E-state index contributed by atoms with van der Waals surface area (Å²) in [4.78, 5) is 22.3. The van der Waals surface area contributed by atoms with Crippen molar-refractivity contribution in [2.24, 2.45) is 5.92 Å². The van der Waals surface area contributed by atoms with Crippen LogP contribution in [0.1, 0.15) is 19.5 Å². The van der Waals surface area contributed by atoms with Gasteiger partial charge in [0.2, 0.25) is 5.91 Å². The number of rotatable bonds is 7. The molecule has 0 aromatic carbocycles. The highest BCUT2D eigenvalue weighted by molar-refractivity contribution is 9.10. The van der Waals surface area contributed by atoms with Gasteiger partial charge in [-0.05, 0) is 22.9 Å². The van der Waals surface area contributed by atoms with E-state index in [0.717, 1.165) is 10.2 Å². The van der Waals surface area contributed by atoms with Crippen LogP contribution in [0.5, 0.6) is 0 Å². The summed E-state index contributed by atoms with van der Waals surface area (Å²) in [6, 6.07) is 0. The molecule has 2 aromatic rings. The zero-order valence-electron chi connectivity index (χ0n) is 12.8. The van der Waals surface area contributed by atoms with Crippen molar-refractivity contribution < 1.29 is 9.72 Å². The van der Waals surface area contributed by atoms with Gasteiger partial charge in [-0.15, -0.1) is 0 Å². The molecule has 0 aliphatic rings. The van der Waals surface area contributed by atoms with E-state index in [4.69, 9.17) is 0 Å². The number of carbonyl (C=O) groups is 1. The number of nitro groups is 1. The van der Waals surface area contributed by atoms with E-state index in [0.29, 0.717) is 13.1 Å². The molecule has 2 heterocycles. The third-order valence-electron chi connectivity index (χ3n) is 3.37. The van der Waals surface area contributed by atoms with Crippen molar-refractivity contribution in [3.05, 3.63) is 38.9 Å². The molecule has 9 nitrogen and oxygen atoms in total. The van der Waals surface area contributed by atoms with Crippen LogP contribution in [0.3, 0.4) is 0 Å². The van der Waals surface area contributed by atoms with Crippen LogP contribution in [0.2, 0.25) is 0 Å². The van der Waals surface area contributed by atoms with Crippen LogP contribution >= 0.6 is 15.9 Å². The topological polar surface area (TPSA) is 108 Å². The summed E-state index contributed by atoms with van der Waals surface area (Å²) in [6.07, 6.45) is 4.17. The van der Waals surface area contributed by atoms with Crippen molar-refractivity contribution in [1.29, 1.82) is 0 Å². The van der Waals surface area contributed by atoms with Gasteiger partial charge in [-0.3, -0.25) is 24.3 Å². The molecule has 1 atom stereocenters. The minimum atomic E-state index is -0.516. The summed E-state index contributed by atoms with van der Waals surface area (Å²) in [6.45, 7) is 5.06. The smallest absolute Gasteiger partial charge is 0.306 e. The highest BCUT2D eigenvalue weighted by Gasteiger charge is 2.17. The average Bonchev–Trinajstić information content (AvgIpc) is 3.11. The molecule has 0 aliphatic carbocycles. The van der Waals surface area contributed by atoms with E-state index >= 15 is 0 Å². The first-order valence-electron chi connectivity index (χ1n) is 7.07. The number of halogens is 1. The molecule has 0 fully saturated rings. The van der Waals surface area contributed by atoms with E-state index in [2.05, 4.69) is 31.4 Å². The van der Waals surface area contributed by atoms with Gasteiger partial charge in [-0.25, -0.2) is 0 Å². The van der Waals surface area contributed by atoms with E-state index < -0.39 is 4.92 Å². The lowest BCUT2D eigenvalue weighted by atomic mass is 10.1. The highest BCUT2D eigenvalue weighted by Crippen LogP contribution is 2.16. The Hall–Kier alpha value is -2.23. The van der Waals surface area contributed by atoms with Crippen molar-refractivity contribution >= 4 is 27.5 Å². The van der Waals surface area contributed by atoms with E-state index in [9.17, 15) is 14.9 Å². The first-order chi connectivity index (χ1) is 10.9. The van der Waals surface area contributed by atoms with Crippen LogP contribution < -0.4 is 5.32 Å². The molecule has 2 aromatic heterocycles. The predicted octanol–water partition coefficient (Wildman–Crippen LogP) is 1.72. The van der Waals surface area contributed by atoms with Crippen molar-refractivity contribution in [2.45, 2.75) is 33.5 Å². The molecule has 0 spiro atoms. The summed E-state index contributed by atoms with van der Waals surface area (Å²) < 4.78 is 4.04. The first-order valence-corrected chi connectivity index (χ1v) is 7.86. The van der Waals surface area contributed by atoms with Gasteiger partial charge in [0.05, 0.1) is 40.3 Å². The number of hydrogen-bond donors (Lipinski definition) is 1. The van der Waals surface area contributed by atoms with Crippen molar-refractivity contribution in [3.8, 4) is 0 Å². The number of hydrogen-bond acceptors (Lipinski definition) is 5. The van der Waals surface area contributed by atoms with Crippen LogP contribution in [0.4, 0.5) is 5.69 Å². The summed E-state index contributed by atoms with van der Waals surface area (Å²) in [5.41, 5.74) is 0.802. The molecule has 0 saturated carbocycles. The second-order valence-electron chi connectivity index (χ2n) is 5.05. The number of nitrogens with one attached hydrogen (secondary N) is 1. The molecule has 0 bridgehead atoms. The lowest BCUT2D eigenvalue weighted by molar-refractivity contribution is -0.385. The molecule has 23 heavy (non-hydrogen) atoms. The third kappa shape index (κ3) is 4.15. The Morgan fingerprint density at radius 1 is 1.48 bits per heavy atom. The summed E-state index contributed by atoms with van der Waals surface area (Å²) in [5, 5.41) is 21.5. The fourth-order valence-corrected chi connectivity index (χ4v) is 2.53. The molecule has 1 unspecified atom stereocenters. The van der Waals surface area contributed by atoms with Gasteiger partial charge in [0.25, 0.3) is 0 Å². The lowest BCUT2D eigenvalue weighted by Gasteiger charge is -2.13. The minimum absolute atomic E-state index is 0.0895. The molecule has 1 amide bonds. The molecule has 2 rings (SSSR count). The second-order valence-corrected chi connectivity index (χ2v) is 5.91. The number of aromatic nitrogens is 4. The fourth-order valence-electron chi connectivity index (χ4n) is 2.09. The Bertz CT molecular complexity index is 710. The quantitative estimate of drug-likeness (QED) is 0.577. The SMILES string of the molecule is CCn1ncc(Br)c1CNC(=O)C(C)Cn1cc([N+](=O)[O-])cn1. The minimum Gasteiger partial charge on any atom is -0.350 e. The van der Waals surface area contributed by atoms with Gasteiger partial charge in [0.15, 0.2) is 0 Å². The summed E-state index contributed by atoms with van der Waals surface area (Å²) >= 11 is 3.40. The molecule has 10 heteroatoms. The molecular weight excluding hydrogens is 368 g/mol. The predicted molar refractivity (Wildman–Crippen MR) is 85.5 cm³/mol. The maximum Gasteiger partial charge on any atom is 0.306 e. The van der Waals surface area contributed by atoms with Gasteiger partial charge in [-0.2, -0.15) is 10.2 Å². The Morgan fingerprint density at radius 3 is 2.83 bits per heavy atom. The Morgan fingerprint density at radius 2 is 2.22 bits per heavy atom. The highest BCUT2D eigenvalue weighted by atomic mass is 79.9. The van der Waals surface area contributed by atoms with E-state index in [1.165, 1.54) is 17.1 Å². The van der Waals surface area contributed by atoms with Crippen LogP contribution in [-0.2, 0) is 24.4 Å². The Balaban J connectivity index is 1.92. The standard InChI is InChI=1S/C13H17BrN6O3/c1-3-19-12(11(14)5-17-19)6-15-13(21)9(2)7-18-8-10(4-16-18)20(22)23/h4-5,8-9H,3,6-7H2,1-2H3,(H,15,21).